The SMILES string of the molecule is COc1ccc(N2C(=O)C(O)C2C=C(C)C)cc1.[Ac]. The Bertz CT molecular complexity index is 480. The molecule has 1 fully saturated rings. The van der Waals surface area contributed by atoms with E-state index in [1.807, 2.05) is 32.1 Å². The van der Waals surface area contributed by atoms with Crippen molar-refractivity contribution in [2.24, 2.45) is 0 Å². The number of ether oxygens (including phenoxy) is 1. The van der Waals surface area contributed by atoms with Crippen molar-refractivity contribution in [3.8, 4) is 5.75 Å². The number of amides is 1. The summed E-state index contributed by atoms with van der Waals surface area (Å²) in [6.45, 7) is 3.89. The van der Waals surface area contributed by atoms with Crippen molar-refractivity contribution in [1.29, 1.82) is 0 Å². The maximum Gasteiger partial charge on any atom is 0.258 e. The first kappa shape index (κ1) is 16.7. The third-order valence-corrected chi connectivity index (χ3v) is 2.97. The molecule has 1 aromatic rings. The summed E-state index contributed by atoms with van der Waals surface area (Å²) < 4.78 is 5.08. The second-order valence-electron chi connectivity index (χ2n) is 4.59. The van der Waals surface area contributed by atoms with Gasteiger partial charge in [0.25, 0.3) is 5.91 Å². The maximum atomic E-state index is 11.7. The molecule has 1 radical (unpaired) electrons. The first-order chi connectivity index (χ1) is 8.54. The number of aliphatic hydroxyl groups is 1. The predicted octanol–water partition coefficient (Wildman–Crippen LogP) is 1.74. The molecule has 0 bridgehead atoms. The molecule has 1 heterocycles. The smallest absolute Gasteiger partial charge is 0.258 e. The summed E-state index contributed by atoms with van der Waals surface area (Å²) in [7, 11) is 1.60. The summed E-state index contributed by atoms with van der Waals surface area (Å²) in [6.07, 6.45) is 0.970. The number of allylic oxidation sites excluding steroid dienone is 1. The number of anilines is 1. The zero-order valence-electron chi connectivity index (χ0n) is 11.3. The van der Waals surface area contributed by atoms with Gasteiger partial charge in [-0.1, -0.05) is 11.6 Å². The molecule has 1 aliphatic heterocycles. The van der Waals surface area contributed by atoms with E-state index in [2.05, 4.69) is 0 Å². The van der Waals surface area contributed by atoms with Gasteiger partial charge in [0.05, 0.1) is 13.2 Å². The summed E-state index contributed by atoms with van der Waals surface area (Å²) >= 11 is 0. The number of rotatable bonds is 3. The first-order valence-corrected chi connectivity index (χ1v) is 5.85. The minimum absolute atomic E-state index is 0. The third kappa shape index (κ3) is 3.39. The Morgan fingerprint density at radius 2 is 1.89 bits per heavy atom. The molecule has 1 saturated heterocycles. The predicted molar refractivity (Wildman–Crippen MR) is 69.7 cm³/mol. The maximum absolute atomic E-state index is 11.7. The van der Waals surface area contributed by atoms with Crippen LogP contribution in [0.4, 0.5) is 5.69 Å². The van der Waals surface area contributed by atoms with Crippen molar-refractivity contribution in [1.82, 2.24) is 0 Å². The number of nitrogens with zero attached hydrogens (tertiary/aromatic N) is 1. The van der Waals surface area contributed by atoms with E-state index >= 15 is 0 Å². The Balaban J connectivity index is 0.00000180. The molecule has 19 heavy (non-hydrogen) atoms. The Hall–Kier alpha value is -0.368. The Morgan fingerprint density at radius 3 is 2.37 bits per heavy atom. The minimum atomic E-state index is -0.929. The molecule has 1 N–H and O–H groups in total. The van der Waals surface area contributed by atoms with Crippen LogP contribution in [0.5, 0.6) is 5.75 Å². The molecule has 5 heteroatoms. The second-order valence-corrected chi connectivity index (χ2v) is 4.59. The van der Waals surface area contributed by atoms with Gasteiger partial charge in [-0.15, -0.1) is 0 Å². The number of benzene rings is 1. The van der Waals surface area contributed by atoms with Gasteiger partial charge in [-0.2, -0.15) is 0 Å². The van der Waals surface area contributed by atoms with E-state index in [1.54, 1.807) is 24.1 Å². The molecule has 0 aromatic heterocycles. The molecule has 0 spiro atoms. The molecular weight excluding hydrogens is 457 g/mol. The number of carbonyl (C=O) groups excluding carboxylic acids is 1. The van der Waals surface area contributed by atoms with Crippen molar-refractivity contribution >= 4 is 11.6 Å². The second kappa shape index (κ2) is 6.88. The van der Waals surface area contributed by atoms with E-state index in [0.29, 0.717) is 0 Å². The summed E-state index contributed by atoms with van der Waals surface area (Å²) in [5.74, 6) is 0.480. The van der Waals surface area contributed by atoms with Crippen LogP contribution in [0.2, 0.25) is 0 Å². The molecule has 2 rings (SSSR count). The zero-order chi connectivity index (χ0) is 13.3. The molecule has 99 valence electrons. The van der Waals surface area contributed by atoms with Crippen molar-refractivity contribution < 1.29 is 58.7 Å². The molecule has 2 atom stereocenters. The van der Waals surface area contributed by atoms with E-state index in [0.717, 1.165) is 17.0 Å². The fourth-order valence-corrected chi connectivity index (χ4v) is 2.04. The monoisotopic (exact) mass is 474 g/mol. The molecule has 0 saturated carbocycles. The van der Waals surface area contributed by atoms with Crippen LogP contribution in [-0.4, -0.2) is 30.3 Å². The standard InChI is InChI=1S/C14H17NO3.Ac/c1-9(2)8-12-13(16)14(17)15(12)10-4-6-11(18-3)7-5-10;/h4-8,12-13,16H,1-3H3;. The van der Waals surface area contributed by atoms with Gasteiger partial charge in [0.15, 0.2) is 6.10 Å². The molecule has 1 aromatic carbocycles. The van der Waals surface area contributed by atoms with Crippen LogP contribution < -0.4 is 9.64 Å². The zero-order valence-corrected chi connectivity index (χ0v) is 16.1. The Morgan fingerprint density at radius 1 is 1.32 bits per heavy atom. The number of hydrogen-bond acceptors (Lipinski definition) is 3. The quantitative estimate of drug-likeness (QED) is 0.537. The van der Waals surface area contributed by atoms with Gasteiger partial charge in [-0.25, -0.2) is 0 Å². The van der Waals surface area contributed by atoms with Crippen molar-refractivity contribution in [2.75, 3.05) is 12.0 Å². The van der Waals surface area contributed by atoms with Crippen LogP contribution in [0, 0.1) is 44.1 Å². The number of carbonyl (C=O) groups is 1. The number of hydrogen-bond donors (Lipinski definition) is 1. The molecule has 0 aliphatic carbocycles. The normalized spacial score (nSPS) is 21.3. The average Bonchev–Trinajstić information content (AvgIpc) is 2.38. The van der Waals surface area contributed by atoms with Crippen LogP contribution >= 0.6 is 0 Å². The average molecular weight is 474 g/mol. The van der Waals surface area contributed by atoms with Gasteiger partial charge in [-0.3, -0.25) is 4.79 Å². The summed E-state index contributed by atoms with van der Waals surface area (Å²) in [6, 6.07) is 6.96. The van der Waals surface area contributed by atoms with Crippen LogP contribution in [0.25, 0.3) is 0 Å². The summed E-state index contributed by atoms with van der Waals surface area (Å²) in [5.41, 5.74) is 1.85. The van der Waals surface area contributed by atoms with E-state index in [-0.39, 0.29) is 56.0 Å². The van der Waals surface area contributed by atoms with E-state index in [1.165, 1.54) is 0 Å². The Labute approximate surface area is 149 Å². The molecule has 1 amide bonds. The van der Waals surface area contributed by atoms with E-state index in [9.17, 15) is 9.90 Å². The van der Waals surface area contributed by atoms with Gasteiger partial charge < -0.3 is 14.7 Å². The van der Waals surface area contributed by atoms with Gasteiger partial charge in [0.2, 0.25) is 0 Å². The van der Waals surface area contributed by atoms with E-state index < -0.39 is 6.10 Å². The summed E-state index contributed by atoms with van der Waals surface area (Å²) in [5, 5.41) is 9.70. The fraction of sp³-hybridized carbons (Fsp3) is 0.357. The summed E-state index contributed by atoms with van der Waals surface area (Å²) in [4.78, 5) is 13.3. The minimum Gasteiger partial charge on any atom is -0.497 e. The molecular formula is C14H17AcNO3. The van der Waals surface area contributed by atoms with Gasteiger partial charge in [0.1, 0.15) is 5.75 Å². The van der Waals surface area contributed by atoms with Gasteiger partial charge >= 0.3 is 0 Å². The number of methoxy groups -OCH3 is 1. The molecule has 4 nitrogen and oxygen atoms in total. The largest absolute Gasteiger partial charge is 0.497 e. The molecule has 2 unspecified atom stereocenters. The third-order valence-electron chi connectivity index (χ3n) is 2.97. The van der Waals surface area contributed by atoms with Crippen molar-refractivity contribution in [3.63, 3.8) is 0 Å². The topological polar surface area (TPSA) is 49.8 Å². The van der Waals surface area contributed by atoms with Crippen LogP contribution in [0.1, 0.15) is 13.8 Å². The van der Waals surface area contributed by atoms with Gasteiger partial charge in [-0.05, 0) is 38.1 Å². The van der Waals surface area contributed by atoms with Crippen molar-refractivity contribution in [3.05, 3.63) is 35.9 Å². The van der Waals surface area contributed by atoms with Crippen LogP contribution in [-0.2, 0) is 4.79 Å². The van der Waals surface area contributed by atoms with E-state index in [4.69, 9.17) is 4.74 Å². The first-order valence-electron chi connectivity index (χ1n) is 5.85. The Kier molecular flexibility index (Phi) is 6.04. The number of aliphatic hydroxyl groups excluding tert-OH is 1. The number of β-lactam (4-membered cyclic amide) rings is 1. The molecule has 1 aliphatic rings. The fourth-order valence-electron chi connectivity index (χ4n) is 2.04. The van der Waals surface area contributed by atoms with Gasteiger partial charge in [0, 0.05) is 49.7 Å². The van der Waals surface area contributed by atoms with Crippen LogP contribution in [0.15, 0.2) is 35.9 Å². The van der Waals surface area contributed by atoms with Crippen molar-refractivity contribution in [2.45, 2.75) is 26.0 Å². The van der Waals surface area contributed by atoms with Crippen LogP contribution in [0.3, 0.4) is 0 Å².